The van der Waals surface area contributed by atoms with Crippen LogP contribution in [0.2, 0.25) is 0 Å². The van der Waals surface area contributed by atoms with Gasteiger partial charge in [0.05, 0.1) is 16.8 Å². The van der Waals surface area contributed by atoms with Crippen LogP contribution in [0, 0.1) is 0 Å². The Labute approximate surface area is 173 Å². The number of hydrogen-bond donors (Lipinski definition) is 1. The third-order valence-corrected chi connectivity index (χ3v) is 5.21. The number of unbranched alkanes of at least 4 members (excludes halogenated alkanes) is 1. The normalized spacial score (nSPS) is 10.8. The molecule has 6 nitrogen and oxygen atoms in total. The minimum atomic E-state index is -0.587. The van der Waals surface area contributed by atoms with Crippen molar-refractivity contribution in [1.82, 2.24) is 4.98 Å². The fraction of sp³-hybridized carbons (Fsp3) is 0.318. The third kappa shape index (κ3) is 6.66. The molecule has 152 valence electrons. The molecule has 0 aliphatic heterocycles. The molecule has 0 spiro atoms. The maximum Gasteiger partial charge on any atom is 0.332 e. The smallest absolute Gasteiger partial charge is 0.332 e. The number of anilines is 1. The second-order valence-electron chi connectivity index (χ2n) is 6.58. The molecule has 0 aliphatic carbocycles. The number of esters is 1. The van der Waals surface area contributed by atoms with Gasteiger partial charge in [-0.3, -0.25) is 4.79 Å². The van der Waals surface area contributed by atoms with Crippen molar-refractivity contribution in [1.29, 1.82) is 0 Å². The Morgan fingerprint density at radius 3 is 2.62 bits per heavy atom. The lowest BCUT2D eigenvalue weighted by Gasteiger charge is -2.08. The fourth-order valence-corrected chi connectivity index (χ4v) is 3.63. The number of thiazole rings is 1. The number of aromatic nitrogens is 1. The highest BCUT2D eigenvalue weighted by atomic mass is 32.1. The highest BCUT2D eigenvalue weighted by Crippen LogP contribution is 2.21. The predicted molar refractivity (Wildman–Crippen MR) is 114 cm³/mol. The molecule has 1 N–H and O–H groups in total. The summed E-state index contributed by atoms with van der Waals surface area (Å²) in [6, 6.07) is 15.5. The van der Waals surface area contributed by atoms with E-state index in [4.69, 9.17) is 9.47 Å². The molecule has 0 saturated heterocycles. The number of hydrogen-bond acceptors (Lipinski definition) is 6. The van der Waals surface area contributed by atoms with Gasteiger partial charge in [-0.1, -0.05) is 37.6 Å². The van der Waals surface area contributed by atoms with Gasteiger partial charge in [0.2, 0.25) is 0 Å². The summed E-state index contributed by atoms with van der Waals surface area (Å²) >= 11 is 1.52. The van der Waals surface area contributed by atoms with Crippen LogP contribution in [-0.2, 0) is 32.1 Å². The monoisotopic (exact) mass is 412 g/mol. The van der Waals surface area contributed by atoms with Gasteiger partial charge >= 0.3 is 5.97 Å². The zero-order chi connectivity index (χ0) is 20.5. The fourth-order valence-electron chi connectivity index (χ4n) is 2.72. The molecule has 1 amide bonds. The number of nitrogens with one attached hydrogen (secondary N) is 1. The van der Waals surface area contributed by atoms with Crippen molar-refractivity contribution in [3.8, 4) is 0 Å². The minimum Gasteiger partial charge on any atom is -0.454 e. The number of ether oxygens (including phenoxy) is 2. The molecule has 7 heteroatoms. The van der Waals surface area contributed by atoms with Crippen molar-refractivity contribution in [3.63, 3.8) is 0 Å². The number of carbonyl (C=O) groups is 2. The van der Waals surface area contributed by atoms with E-state index in [-0.39, 0.29) is 25.7 Å². The summed E-state index contributed by atoms with van der Waals surface area (Å²) in [5, 5.41) is 3.50. The van der Waals surface area contributed by atoms with Crippen molar-refractivity contribution < 1.29 is 19.1 Å². The number of benzene rings is 2. The van der Waals surface area contributed by atoms with E-state index in [2.05, 4.69) is 17.2 Å². The Balaban J connectivity index is 1.34. The lowest BCUT2D eigenvalue weighted by molar-refractivity contribution is -0.152. The molecule has 0 saturated carbocycles. The van der Waals surface area contributed by atoms with Gasteiger partial charge in [0.1, 0.15) is 11.6 Å². The van der Waals surface area contributed by atoms with Gasteiger partial charge in [-0.2, -0.15) is 0 Å². The Bertz CT molecular complexity index is 920. The predicted octanol–water partition coefficient (Wildman–Crippen LogP) is 4.34. The van der Waals surface area contributed by atoms with Crippen molar-refractivity contribution >= 4 is 39.1 Å². The first-order valence-corrected chi connectivity index (χ1v) is 10.4. The van der Waals surface area contributed by atoms with E-state index in [1.165, 1.54) is 16.9 Å². The summed E-state index contributed by atoms with van der Waals surface area (Å²) in [7, 11) is 0. The van der Waals surface area contributed by atoms with Crippen LogP contribution in [0.1, 0.15) is 30.3 Å². The van der Waals surface area contributed by atoms with Crippen LogP contribution in [0.5, 0.6) is 0 Å². The maximum absolute atomic E-state index is 11.9. The van der Waals surface area contributed by atoms with Gasteiger partial charge in [-0.25, -0.2) is 9.78 Å². The molecule has 0 aliphatic rings. The van der Waals surface area contributed by atoms with Crippen LogP contribution in [0.4, 0.5) is 5.69 Å². The number of rotatable bonds is 10. The SMILES string of the molecule is CCCCc1ccc(NC(=O)COC(=O)COCc2nc3ccccc3s2)cc1. The summed E-state index contributed by atoms with van der Waals surface area (Å²) in [4.78, 5) is 28.1. The maximum atomic E-state index is 11.9. The first-order valence-electron chi connectivity index (χ1n) is 9.60. The first-order chi connectivity index (χ1) is 14.1. The summed E-state index contributed by atoms with van der Waals surface area (Å²) in [6.45, 7) is 1.81. The van der Waals surface area contributed by atoms with E-state index in [0.29, 0.717) is 5.69 Å². The number of para-hydroxylation sites is 1. The second kappa shape index (κ2) is 10.7. The molecule has 0 atom stereocenters. The molecule has 0 unspecified atom stereocenters. The van der Waals surface area contributed by atoms with Crippen molar-refractivity contribution in [2.75, 3.05) is 18.5 Å². The van der Waals surface area contributed by atoms with Crippen LogP contribution in [0.25, 0.3) is 10.2 Å². The van der Waals surface area contributed by atoms with E-state index in [1.54, 1.807) is 0 Å². The van der Waals surface area contributed by atoms with Crippen molar-refractivity contribution in [2.24, 2.45) is 0 Å². The molecule has 2 aromatic carbocycles. The molecule has 0 bridgehead atoms. The van der Waals surface area contributed by atoms with Gasteiger partial charge in [0, 0.05) is 5.69 Å². The number of nitrogens with zero attached hydrogens (tertiary/aromatic N) is 1. The average molecular weight is 413 g/mol. The quantitative estimate of drug-likeness (QED) is 0.501. The number of fused-ring (bicyclic) bond motifs is 1. The molecule has 0 fully saturated rings. The van der Waals surface area contributed by atoms with Crippen LogP contribution in [0.15, 0.2) is 48.5 Å². The number of carbonyl (C=O) groups excluding carboxylic acids is 2. The number of amides is 1. The number of aryl methyl sites for hydroxylation is 1. The summed E-state index contributed by atoms with van der Waals surface area (Å²) in [6.07, 6.45) is 3.32. The van der Waals surface area contributed by atoms with Gasteiger partial charge in [-0.15, -0.1) is 11.3 Å². The Hall–Kier alpha value is -2.77. The molecular formula is C22H24N2O4S. The molecular weight excluding hydrogens is 388 g/mol. The standard InChI is InChI=1S/C22H24N2O4S/c1-2-3-6-16-9-11-17(12-10-16)23-20(25)13-28-22(26)15-27-14-21-24-18-7-4-5-8-19(18)29-21/h4-5,7-12H,2-3,6,13-15H2,1H3,(H,23,25). The zero-order valence-corrected chi connectivity index (χ0v) is 17.2. The Morgan fingerprint density at radius 1 is 1.07 bits per heavy atom. The second-order valence-corrected chi connectivity index (χ2v) is 7.69. The molecule has 0 radical (unpaired) electrons. The lowest BCUT2D eigenvalue weighted by Crippen LogP contribution is -2.22. The molecule has 3 rings (SSSR count). The van der Waals surface area contributed by atoms with Crippen molar-refractivity contribution in [2.45, 2.75) is 32.8 Å². The lowest BCUT2D eigenvalue weighted by atomic mass is 10.1. The van der Waals surface area contributed by atoms with Crippen LogP contribution >= 0.6 is 11.3 Å². The van der Waals surface area contributed by atoms with E-state index >= 15 is 0 Å². The molecule has 3 aromatic rings. The highest BCUT2D eigenvalue weighted by molar-refractivity contribution is 7.18. The van der Waals surface area contributed by atoms with E-state index in [9.17, 15) is 9.59 Å². The zero-order valence-electron chi connectivity index (χ0n) is 16.3. The van der Waals surface area contributed by atoms with Gasteiger partial charge < -0.3 is 14.8 Å². The van der Waals surface area contributed by atoms with Crippen LogP contribution in [-0.4, -0.2) is 30.1 Å². The Morgan fingerprint density at radius 2 is 1.86 bits per heavy atom. The third-order valence-electron chi connectivity index (χ3n) is 4.20. The van der Waals surface area contributed by atoms with Crippen molar-refractivity contribution in [3.05, 3.63) is 59.1 Å². The van der Waals surface area contributed by atoms with Crippen LogP contribution < -0.4 is 5.32 Å². The summed E-state index contributed by atoms with van der Waals surface area (Å²) in [5.41, 5.74) is 2.83. The summed E-state index contributed by atoms with van der Waals surface area (Å²) in [5.74, 6) is -0.970. The van der Waals surface area contributed by atoms with Gasteiger partial charge in [0.25, 0.3) is 5.91 Å². The van der Waals surface area contributed by atoms with Crippen LogP contribution in [0.3, 0.4) is 0 Å². The average Bonchev–Trinajstić information content (AvgIpc) is 3.14. The minimum absolute atomic E-state index is 0.227. The van der Waals surface area contributed by atoms with E-state index in [0.717, 1.165) is 34.5 Å². The molecule has 1 heterocycles. The topological polar surface area (TPSA) is 77.5 Å². The molecule has 29 heavy (non-hydrogen) atoms. The summed E-state index contributed by atoms with van der Waals surface area (Å²) < 4.78 is 11.4. The van der Waals surface area contributed by atoms with E-state index in [1.807, 2.05) is 48.5 Å². The highest BCUT2D eigenvalue weighted by Gasteiger charge is 2.10. The van der Waals surface area contributed by atoms with E-state index < -0.39 is 5.97 Å². The van der Waals surface area contributed by atoms with Gasteiger partial charge in [0.15, 0.2) is 6.61 Å². The van der Waals surface area contributed by atoms with Gasteiger partial charge in [-0.05, 0) is 42.7 Å². The molecule has 1 aromatic heterocycles. The first kappa shape index (κ1) is 21.0. The largest absolute Gasteiger partial charge is 0.454 e. The Kier molecular flexibility index (Phi) is 7.72.